The molecule has 1 atom stereocenters. The third-order valence-corrected chi connectivity index (χ3v) is 4.18. The number of nitrogens with zero attached hydrogens (tertiary/aromatic N) is 1. The van der Waals surface area contributed by atoms with Crippen LogP contribution < -0.4 is 16.6 Å². The van der Waals surface area contributed by atoms with Crippen molar-refractivity contribution in [2.24, 2.45) is 5.92 Å². The van der Waals surface area contributed by atoms with E-state index in [0.29, 0.717) is 12.5 Å². The average molecular weight is 332 g/mol. The second-order valence-electron chi connectivity index (χ2n) is 6.02. The van der Waals surface area contributed by atoms with Gasteiger partial charge in [-0.1, -0.05) is 0 Å². The van der Waals surface area contributed by atoms with Crippen molar-refractivity contribution in [3.8, 4) is 0 Å². The summed E-state index contributed by atoms with van der Waals surface area (Å²) >= 11 is 0. The highest BCUT2D eigenvalue weighted by Gasteiger charge is 2.21. The lowest BCUT2D eigenvalue weighted by atomic mass is 9.98. The van der Waals surface area contributed by atoms with Gasteiger partial charge >= 0.3 is 5.69 Å². The van der Waals surface area contributed by atoms with Crippen molar-refractivity contribution in [2.75, 3.05) is 19.6 Å². The molecule has 8 nitrogen and oxygen atoms in total. The van der Waals surface area contributed by atoms with Crippen molar-refractivity contribution in [2.45, 2.75) is 19.4 Å². The van der Waals surface area contributed by atoms with Crippen LogP contribution in [0.3, 0.4) is 0 Å². The smallest absolute Gasteiger partial charge is 0.325 e. The summed E-state index contributed by atoms with van der Waals surface area (Å²) in [5.74, 6) is 0.773. The van der Waals surface area contributed by atoms with Gasteiger partial charge in [-0.05, 0) is 37.4 Å². The number of aromatic nitrogens is 2. The molecule has 0 spiro atoms. The standard InChI is InChI=1S/C16H20N4O4/c21-14(13-8-18-16(23)19-15(13)22)17-7-11-3-1-5-20(9-11)10-12-4-2-6-24-12/h2,4,6,8,11H,1,3,5,7,9-10H2,(H,17,21)(H2,18,19,22,23). The van der Waals surface area contributed by atoms with Crippen LogP contribution in [-0.2, 0) is 6.54 Å². The van der Waals surface area contributed by atoms with Gasteiger partial charge < -0.3 is 14.7 Å². The summed E-state index contributed by atoms with van der Waals surface area (Å²) in [7, 11) is 0. The van der Waals surface area contributed by atoms with E-state index in [4.69, 9.17) is 4.42 Å². The Bertz CT molecular complexity index is 793. The first-order valence-electron chi connectivity index (χ1n) is 7.97. The third kappa shape index (κ3) is 4.02. The van der Waals surface area contributed by atoms with Gasteiger partial charge in [0.25, 0.3) is 11.5 Å². The van der Waals surface area contributed by atoms with Crippen LogP contribution in [0, 0.1) is 5.92 Å². The Balaban J connectivity index is 1.53. The van der Waals surface area contributed by atoms with Crippen molar-refractivity contribution >= 4 is 5.91 Å². The highest BCUT2D eigenvalue weighted by molar-refractivity contribution is 5.93. The number of amides is 1. The Morgan fingerprint density at radius 3 is 3.04 bits per heavy atom. The maximum atomic E-state index is 12.1. The van der Waals surface area contributed by atoms with Crippen LogP contribution in [0.5, 0.6) is 0 Å². The van der Waals surface area contributed by atoms with Gasteiger partial charge in [0.1, 0.15) is 11.3 Å². The lowest BCUT2D eigenvalue weighted by Gasteiger charge is -2.32. The van der Waals surface area contributed by atoms with E-state index in [2.05, 4.69) is 15.2 Å². The Labute approximate surface area is 137 Å². The molecule has 2 aromatic heterocycles. The molecule has 1 aliphatic rings. The summed E-state index contributed by atoms with van der Waals surface area (Å²) in [5.41, 5.74) is -1.39. The number of aromatic amines is 2. The van der Waals surface area contributed by atoms with Crippen LogP contribution in [0.15, 0.2) is 38.6 Å². The fraction of sp³-hybridized carbons (Fsp3) is 0.438. The third-order valence-electron chi connectivity index (χ3n) is 4.18. The van der Waals surface area contributed by atoms with Gasteiger partial charge in [0, 0.05) is 19.3 Å². The van der Waals surface area contributed by atoms with Gasteiger partial charge in [0.05, 0.1) is 12.8 Å². The average Bonchev–Trinajstić information content (AvgIpc) is 3.06. The maximum absolute atomic E-state index is 12.1. The molecule has 128 valence electrons. The number of likely N-dealkylation sites (tertiary alicyclic amines) is 1. The van der Waals surface area contributed by atoms with Gasteiger partial charge in [-0.25, -0.2) is 4.79 Å². The van der Waals surface area contributed by atoms with Gasteiger partial charge in [-0.15, -0.1) is 0 Å². The van der Waals surface area contributed by atoms with E-state index in [9.17, 15) is 14.4 Å². The van der Waals surface area contributed by atoms with Crippen molar-refractivity contribution in [1.29, 1.82) is 0 Å². The fourth-order valence-electron chi connectivity index (χ4n) is 3.00. The van der Waals surface area contributed by atoms with Crippen molar-refractivity contribution in [1.82, 2.24) is 20.2 Å². The molecule has 0 aliphatic carbocycles. The van der Waals surface area contributed by atoms with Crippen molar-refractivity contribution < 1.29 is 9.21 Å². The first-order valence-corrected chi connectivity index (χ1v) is 7.97. The SMILES string of the molecule is O=C(NCC1CCCN(Cc2ccco2)C1)c1c[nH]c(=O)[nH]c1=O. The number of nitrogens with one attached hydrogen (secondary N) is 3. The predicted octanol–water partition coefficient (Wildman–Crippen LogP) is 0.298. The molecule has 0 saturated carbocycles. The highest BCUT2D eigenvalue weighted by Crippen LogP contribution is 2.18. The molecule has 1 unspecified atom stereocenters. The molecule has 2 aromatic rings. The number of rotatable bonds is 5. The lowest BCUT2D eigenvalue weighted by Crippen LogP contribution is -2.41. The summed E-state index contributed by atoms with van der Waals surface area (Å²) in [6.07, 6.45) is 4.89. The van der Waals surface area contributed by atoms with Crippen LogP contribution in [0.4, 0.5) is 0 Å². The topological polar surface area (TPSA) is 111 Å². The quantitative estimate of drug-likeness (QED) is 0.729. The molecule has 1 saturated heterocycles. The van der Waals surface area contributed by atoms with Crippen molar-refractivity contribution in [3.63, 3.8) is 0 Å². The highest BCUT2D eigenvalue weighted by atomic mass is 16.3. The van der Waals surface area contributed by atoms with E-state index in [0.717, 1.165) is 44.4 Å². The van der Waals surface area contributed by atoms with Crippen LogP contribution in [0.2, 0.25) is 0 Å². The Morgan fingerprint density at radius 1 is 1.42 bits per heavy atom. The number of carbonyl (C=O) groups is 1. The van der Waals surface area contributed by atoms with E-state index in [1.807, 2.05) is 17.1 Å². The predicted molar refractivity (Wildman–Crippen MR) is 86.7 cm³/mol. The maximum Gasteiger partial charge on any atom is 0.325 e. The minimum absolute atomic E-state index is 0.0853. The molecule has 3 N–H and O–H groups in total. The van der Waals surface area contributed by atoms with E-state index in [1.165, 1.54) is 0 Å². The summed E-state index contributed by atoms with van der Waals surface area (Å²) in [6.45, 7) is 3.12. The number of piperidine rings is 1. The van der Waals surface area contributed by atoms with Gasteiger partial charge in [-0.3, -0.25) is 19.5 Å². The van der Waals surface area contributed by atoms with Crippen LogP contribution in [-0.4, -0.2) is 40.4 Å². The molecule has 0 radical (unpaired) electrons. The lowest BCUT2D eigenvalue weighted by molar-refractivity contribution is 0.0926. The second-order valence-corrected chi connectivity index (χ2v) is 6.02. The van der Waals surface area contributed by atoms with Gasteiger partial charge in [0.15, 0.2) is 0 Å². The van der Waals surface area contributed by atoms with E-state index < -0.39 is 17.2 Å². The zero-order valence-corrected chi connectivity index (χ0v) is 13.2. The molecule has 1 aliphatic heterocycles. The van der Waals surface area contributed by atoms with Gasteiger partial charge in [-0.2, -0.15) is 0 Å². The van der Waals surface area contributed by atoms with Crippen LogP contribution >= 0.6 is 0 Å². The zero-order valence-electron chi connectivity index (χ0n) is 13.2. The van der Waals surface area contributed by atoms with E-state index >= 15 is 0 Å². The normalized spacial score (nSPS) is 18.4. The van der Waals surface area contributed by atoms with E-state index in [-0.39, 0.29) is 5.56 Å². The minimum Gasteiger partial charge on any atom is -0.468 e. The Hall–Kier alpha value is -2.61. The summed E-state index contributed by atoms with van der Waals surface area (Å²) in [4.78, 5) is 41.3. The molecule has 3 rings (SSSR count). The molecular weight excluding hydrogens is 312 g/mol. The monoisotopic (exact) mass is 332 g/mol. The van der Waals surface area contributed by atoms with Crippen LogP contribution in [0.25, 0.3) is 0 Å². The number of hydrogen-bond acceptors (Lipinski definition) is 5. The zero-order chi connectivity index (χ0) is 16.9. The molecular formula is C16H20N4O4. The molecule has 1 amide bonds. The second kappa shape index (κ2) is 7.31. The number of H-pyrrole nitrogens is 2. The number of furan rings is 1. The fourth-order valence-corrected chi connectivity index (χ4v) is 3.00. The minimum atomic E-state index is -0.681. The number of hydrogen-bond donors (Lipinski definition) is 3. The summed E-state index contributed by atoms with van der Waals surface area (Å²) in [6, 6.07) is 3.83. The molecule has 0 aromatic carbocycles. The largest absolute Gasteiger partial charge is 0.468 e. The number of carbonyl (C=O) groups excluding carboxylic acids is 1. The van der Waals surface area contributed by atoms with E-state index in [1.54, 1.807) is 6.26 Å². The first-order chi connectivity index (χ1) is 11.6. The Kier molecular flexibility index (Phi) is 4.95. The summed E-state index contributed by atoms with van der Waals surface area (Å²) in [5, 5.41) is 2.78. The molecule has 0 bridgehead atoms. The van der Waals surface area contributed by atoms with Gasteiger partial charge in [0.2, 0.25) is 0 Å². The molecule has 1 fully saturated rings. The molecule has 3 heterocycles. The molecule has 24 heavy (non-hydrogen) atoms. The Morgan fingerprint density at radius 2 is 2.29 bits per heavy atom. The summed E-state index contributed by atoms with van der Waals surface area (Å²) < 4.78 is 5.37. The van der Waals surface area contributed by atoms with Crippen LogP contribution in [0.1, 0.15) is 29.0 Å². The first kappa shape index (κ1) is 16.3. The molecule has 8 heteroatoms. The van der Waals surface area contributed by atoms with Crippen molar-refractivity contribution in [3.05, 3.63) is 56.8 Å².